The smallest absolute Gasteiger partial charge is 0.0971 e. The monoisotopic (exact) mass is 370 g/mol. The standard InChI is InChI=1S/C12H12N4O10/c17-11-7(1-5(13(19)20)3-9(11)15(23)24)8-2-6(14(21)22)4-10(12(8)18)16(25)26/h1-4,17-20,23-26H/q-2/p-2. The summed E-state index contributed by atoms with van der Waals surface area (Å²) in [7, 11) is 0. The Morgan fingerprint density at radius 1 is 0.577 bits per heavy atom. The fourth-order valence-electron chi connectivity index (χ4n) is 2.12. The lowest BCUT2D eigenvalue weighted by Gasteiger charge is -2.39. The van der Waals surface area contributed by atoms with Gasteiger partial charge in [0.05, 0.1) is 17.1 Å². The number of hydrogen-bond acceptors (Lipinski definition) is 14. The molecule has 26 heavy (non-hydrogen) atoms. The van der Waals surface area contributed by atoms with E-state index in [1.54, 1.807) is 0 Å². The SMILES string of the molecule is [O-]c1c(-c2cc(N(O)O)cc(N(O)O)c2[O-])cc(N([O-])[O-])cc1N(O)O. The zero-order valence-corrected chi connectivity index (χ0v) is 12.4. The van der Waals surface area contributed by atoms with E-state index in [2.05, 4.69) is 0 Å². The Kier molecular flexibility index (Phi) is 5.21. The molecule has 0 atom stereocenters. The van der Waals surface area contributed by atoms with E-state index in [1.165, 1.54) is 0 Å². The molecule has 2 aromatic carbocycles. The van der Waals surface area contributed by atoms with E-state index in [4.69, 9.17) is 31.2 Å². The zero-order valence-electron chi connectivity index (χ0n) is 12.4. The maximum absolute atomic E-state index is 12.3. The van der Waals surface area contributed by atoms with Crippen molar-refractivity contribution in [2.24, 2.45) is 0 Å². The lowest BCUT2D eigenvalue weighted by Crippen LogP contribution is -2.18. The normalized spacial score (nSPS) is 10.6. The van der Waals surface area contributed by atoms with Gasteiger partial charge in [-0.3, -0.25) is 31.2 Å². The van der Waals surface area contributed by atoms with Gasteiger partial charge >= 0.3 is 0 Å². The second-order valence-corrected chi connectivity index (χ2v) is 4.81. The second-order valence-electron chi connectivity index (χ2n) is 4.81. The molecule has 0 heterocycles. The highest BCUT2D eigenvalue weighted by molar-refractivity contribution is 5.89. The molecule has 2 rings (SSSR count). The molecule has 0 bridgehead atoms. The van der Waals surface area contributed by atoms with Crippen LogP contribution in [0.4, 0.5) is 22.7 Å². The molecule has 14 nitrogen and oxygen atoms in total. The van der Waals surface area contributed by atoms with Crippen molar-refractivity contribution in [3.8, 4) is 22.6 Å². The van der Waals surface area contributed by atoms with Gasteiger partial charge in [0.2, 0.25) is 0 Å². The quantitative estimate of drug-likeness (QED) is 0.382. The van der Waals surface area contributed by atoms with Crippen molar-refractivity contribution in [2.75, 3.05) is 20.9 Å². The second kappa shape index (κ2) is 7.04. The van der Waals surface area contributed by atoms with E-state index in [9.17, 15) is 20.6 Å². The van der Waals surface area contributed by atoms with Crippen LogP contribution >= 0.6 is 0 Å². The first kappa shape index (κ1) is 19.2. The number of anilines is 4. The van der Waals surface area contributed by atoms with Crippen LogP contribution in [0.15, 0.2) is 24.3 Å². The third-order valence-electron chi connectivity index (χ3n) is 3.27. The van der Waals surface area contributed by atoms with Gasteiger partial charge in [-0.05, 0) is 35.4 Å². The maximum atomic E-state index is 12.3. The summed E-state index contributed by atoms with van der Waals surface area (Å²) in [5, 5.41) is 98.1. The largest absolute Gasteiger partial charge is 0.871 e. The molecule has 0 fully saturated rings. The van der Waals surface area contributed by atoms with Crippen LogP contribution in [-0.2, 0) is 0 Å². The fraction of sp³-hybridized carbons (Fsp3) is 0. The lowest BCUT2D eigenvalue weighted by molar-refractivity contribution is -0.271. The Hall–Kier alpha value is -3.08. The van der Waals surface area contributed by atoms with Gasteiger partial charge < -0.3 is 25.9 Å². The average molecular weight is 370 g/mol. The molecule has 6 N–H and O–H groups in total. The Morgan fingerprint density at radius 3 is 1.31 bits per heavy atom. The van der Waals surface area contributed by atoms with E-state index >= 15 is 0 Å². The third-order valence-corrected chi connectivity index (χ3v) is 3.27. The first-order chi connectivity index (χ1) is 12.0. The van der Waals surface area contributed by atoms with E-state index in [0.717, 1.165) is 0 Å². The minimum atomic E-state index is -1.24. The van der Waals surface area contributed by atoms with Gasteiger partial charge in [0.25, 0.3) is 0 Å². The Labute approximate surface area is 143 Å². The Bertz CT molecular complexity index is 744. The van der Waals surface area contributed by atoms with Crippen LogP contribution in [-0.4, -0.2) is 31.2 Å². The molecule has 0 radical (unpaired) electrons. The van der Waals surface area contributed by atoms with Crippen molar-refractivity contribution in [1.82, 2.24) is 0 Å². The molecule has 0 amide bonds. The first-order valence-corrected chi connectivity index (χ1v) is 6.43. The minimum Gasteiger partial charge on any atom is -0.871 e. The zero-order chi connectivity index (χ0) is 19.8. The molecule has 0 saturated carbocycles. The van der Waals surface area contributed by atoms with Crippen molar-refractivity contribution in [2.45, 2.75) is 0 Å². The molecule has 2 aromatic rings. The topological polar surface area (TPSA) is 227 Å². The van der Waals surface area contributed by atoms with Gasteiger partial charge in [-0.15, -0.1) is 15.7 Å². The van der Waals surface area contributed by atoms with Crippen molar-refractivity contribution in [1.29, 1.82) is 0 Å². The summed E-state index contributed by atoms with van der Waals surface area (Å²) in [6.45, 7) is 0. The van der Waals surface area contributed by atoms with Crippen LogP contribution in [0.3, 0.4) is 0 Å². The van der Waals surface area contributed by atoms with Gasteiger partial charge in [0.15, 0.2) is 0 Å². The summed E-state index contributed by atoms with van der Waals surface area (Å²) < 4.78 is 0. The molecular weight excluding hydrogens is 360 g/mol. The van der Waals surface area contributed by atoms with Crippen molar-refractivity contribution >= 4 is 22.7 Å². The van der Waals surface area contributed by atoms with E-state index in [1.807, 2.05) is 0 Å². The molecule has 0 unspecified atom stereocenters. The van der Waals surface area contributed by atoms with E-state index in [0.29, 0.717) is 24.3 Å². The van der Waals surface area contributed by atoms with Crippen LogP contribution in [0.5, 0.6) is 11.5 Å². The molecule has 0 saturated heterocycles. The highest BCUT2D eigenvalue weighted by atomic mass is 16.8. The summed E-state index contributed by atoms with van der Waals surface area (Å²) in [5.74, 6) is -2.47. The summed E-state index contributed by atoms with van der Waals surface area (Å²) in [6, 6.07) is 2.48. The predicted octanol–water partition coefficient (Wildman–Crippen LogP) is 0.0572. The number of hydrogen-bond donors (Lipinski definition) is 6. The van der Waals surface area contributed by atoms with Crippen LogP contribution < -0.4 is 31.1 Å². The predicted molar refractivity (Wildman–Crippen MR) is 78.1 cm³/mol. The lowest BCUT2D eigenvalue weighted by atomic mass is 10.00. The molecular formula is C12H10N4O10-4. The highest BCUT2D eigenvalue weighted by Gasteiger charge is 2.16. The summed E-state index contributed by atoms with van der Waals surface area (Å²) in [6.07, 6.45) is 0. The Morgan fingerprint density at radius 2 is 0.962 bits per heavy atom. The highest BCUT2D eigenvalue weighted by Crippen LogP contribution is 2.45. The van der Waals surface area contributed by atoms with Crippen LogP contribution in [0.1, 0.15) is 0 Å². The van der Waals surface area contributed by atoms with Crippen LogP contribution in [0.25, 0.3) is 11.1 Å². The molecule has 0 aromatic heterocycles. The van der Waals surface area contributed by atoms with Crippen molar-refractivity contribution < 1.29 is 41.5 Å². The average Bonchev–Trinajstić information content (AvgIpc) is 2.54. The number of rotatable bonds is 5. The van der Waals surface area contributed by atoms with Crippen molar-refractivity contribution in [3.63, 3.8) is 0 Å². The summed E-state index contributed by atoms with van der Waals surface area (Å²) in [5.41, 5.74) is -4.77. The van der Waals surface area contributed by atoms with Crippen LogP contribution in [0.2, 0.25) is 0 Å². The first-order valence-electron chi connectivity index (χ1n) is 6.43. The summed E-state index contributed by atoms with van der Waals surface area (Å²) in [4.78, 5) is 0. The van der Waals surface area contributed by atoms with Gasteiger partial charge in [-0.1, -0.05) is 11.5 Å². The molecule has 0 aliphatic heterocycles. The summed E-state index contributed by atoms with van der Waals surface area (Å²) >= 11 is 0. The number of nitrogens with zero attached hydrogens (tertiary/aromatic N) is 4. The molecule has 14 heteroatoms. The third kappa shape index (κ3) is 3.47. The maximum Gasteiger partial charge on any atom is 0.0971 e. The van der Waals surface area contributed by atoms with E-state index in [-0.39, 0.29) is 0 Å². The van der Waals surface area contributed by atoms with Crippen LogP contribution in [0, 0.1) is 10.4 Å². The molecule has 0 aliphatic carbocycles. The van der Waals surface area contributed by atoms with E-state index < -0.39 is 66.3 Å². The molecule has 0 aliphatic rings. The Balaban J connectivity index is 2.86. The van der Waals surface area contributed by atoms with Gasteiger partial charge in [0.1, 0.15) is 0 Å². The van der Waals surface area contributed by atoms with Crippen molar-refractivity contribution in [3.05, 3.63) is 34.7 Å². The van der Waals surface area contributed by atoms with Gasteiger partial charge in [0, 0.05) is 5.69 Å². The molecule has 0 spiro atoms. The number of benzene rings is 2. The van der Waals surface area contributed by atoms with Gasteiger partial charge in [-0.25, -0.2) is 0 Å². The van der Waals surface area contributed by atoms with Gasteiger partial charge in [-0.2, -0.15) is 0 Å². The fourth-order valence-corrected chi connectivity index (χ4v) is 2.12. The molecule has 142 valence electrons. The minimum absolute atomic E-state index is 0.511.